The number of aromatic amines is 1. The van der Waals surface area contributed by atoms with Crippen molar-refractivity contribution in [1.29, 1.82) is 0 Å². The first-order valence-electron chi connectivity index (χ1n) is 8.20. The molecule has 0 aromatic carbocycles. The van der Waals surface area contributed by atoms with Crippen molar-refractivity contribution in [1.82, 2.24) is 19.1 Å². The molecular formula is C16H21N5O3. The summed E-state index contributed by atoms with van der Waals surface area (Å²) in [6, 6.07) is -0.0683. The van der Waals surface area contributed by atoms with Crippen molar-refractivity contribution in [3.05, 3.63) is 45.1 Å². The number of hydrogen-bond donors (Lipinski definition) is 2. The van der Waals surface area contributed by atoms with Crippen LogP contribution in [-0.4, -0.2) is 37.0 Å². The van der Waals surface area contributed by atoms with Crippen LogP contribution in [0, 0.1) is 0 Å². The maximum Gasteiger partial charge on any atom is 0.331 e. The van der Waals surface area contributed by atoms with Gasteiger partial charge in [0.05, 0.1) is 12.9 Å². The quantitative estimate of drug-likeness (QED) is 0.799. The summed E-state index contributed by atoms with van der Waals surface area (Å²) >= 11 is 0. The van der Waals surface area contributed by atoms with Gasteiger partial charge in [-0.25, -0.2) is 9.78 Å². The number of aliphatic imine (C=N–C) groups is 1. The predicted molar refractivity (Wildman–Crippen MR) is 89.8 cm³/mol. The number of hydrogen-bond acceptors (Lipinski definition) is 5. The van der Waals surface area contributed by atoms with E-state index in [1.54, 1.807) is 12.5 Å². The molecule has 8 nitrogen and oxygen atoms in total. The molecule has 3 rings (SSSR count). The lowest BCUT2D eigenvalue weighted by Gasteiger charge is -2.24. The highest BCUT2D eigenvalue weighted by Gasteiger charge is 2.22. The first kappa shape index (κ1) is 16.2. The number of nitrogens with one attached hydrogen (secondary N) is 1. The number of H-pyrrole nitrogens is 1. The summed E-state index contributed by atoms with van der Waals surface area (Å²) in [5, 5.41) is 10.4. The minimum atomic E-state index is -0.615. The van der Waals surface area contributed by atoms with Gasteiger partial charge in [0.1, 0.15) is 5.56 Å². The fourth-order valence-electron chi connectivity index (χ4n) is 3.09. The van der Waals surface area contributed by atoms with Gasteiger partial charge in [0.25, 0.3) is 5.56 Å². The molecule has 2 N–H and O–H groups in total. The molecule has 2 heterocycles. The van der Waals surface area contributed by atoms with Crippen LogP contribution in [0.2, 0.25) is 0 Å². The average Bonchev–Trinajstić information content (AvgIpc) is 3.08. The molecular weight excluding hydrogens is 310 g/mol. The van der Waals surface area contributed by atoms with Crippen LogP contribution in [0.15, 0.2) is 33.3 Å². The molecule has 0 amide bonds. The number of nitrogens with zero attached hydrogens (tertiary/aromatic N) is 4. The Morgan fingerprint density at radius 3 is 2.83 bits per heavy atom. The molecule has 1 fully saturated rings. The Labute approximate surface area is 138 Å². The molecule has 8 heteroatoms. The monoisotopic (exact) mass is 331 g/mol. The molecule has 1 aliphatic carbocycles. The number of rotatable bonds is 5. The van der Waals surface area contributed by atoms with Crippen molar-refractivity contribution in [3.63, 3.8) is 0 Å². The van der Waals surface area contributed by atoms with Gasteiger partial charge >= 0.3 is 5.69 Å². The minimum absolute atomic E-state index is 0.0332. The second-order valence-corrected chi connectivity index (χ2v) is 5.99. The standard InChI is InChI=1S/C16H21N5O3/c22-14-13(10-17-6-8-20-9-7-18-11-20)15(23)21(16(24)19-14)12-4-2-1-3-5-12/h7,9-12,23H,1-6,8H2,(H,19,22,24). The van der Waals surface area contributed by atoms with Crippen molar-refractivity contribution < 1.29 is 5.11 Å². The maximum atomic E-state index is 12.1. The van der Waals surface area contributed by atoms with Gasteiger partial charge in [-0.1, -0.05) is 19.3 Å². The van der Waals surface area contributed by atoms with Gasteiger partial charge in [0, 0.05) is 31.2 Å². The fourth-order valence-corrected chi connectivity index (χ4v) is 3.09. The Balaban J connectivity index is 1.81. The van der Waals surface area contributed by atoms with Crippen LogP contribution >= 0.6 is 0 Å². The second-order valence-electron chi connectivity index (χ2n) is 5.99. The molecule has 2 aromatic heterocycles. The fraction of sp³-hybridized carbons (Fsp3) is 0.500. The molecule has 0 radical (unpaired) electrons. The van der Waals surface area contributed by atoms with Gasteiger partial charge in [0.2, 0.25) is 5.88 Å². The van der Waals surface area contributed by atoms with E-state index in [0.717, 1.165) is 32.1 Å². The highest BCUT2D eigenvalue weighted by molar-refractivity contribution is 5.81. The van der Waals surface area contributed by atoms with E-state index in [1.165, 1.54) is 10.8 Å². The van der Waals surface area contributed by atoms with Crippen molar-refractivity contribution >= 4 is 6.21 Å². The largest absolute Gasteiger partial charge is 0.494 e. The molecule has 0 spiro atoms. The van der Waals surface area contributed by atoms with Crippen molar-refractivity contribution in [2.75, 3.05) is 6.54 Å². The summed E-state index contributed by atoms with van der Waals surface area (Å²) in [6.45, 7) is 1.06. The Kier molecular flexibility index (Phi) is 4.93. The van der Waals surface area contributed by atoms with E-state index in [2.05, 4.69) is 15.0 Å². The number of aromatic hydroxyl groups is 1. The lowest BCUT2D eigenvalue weighted by molar-refractivity contribution is 0.298. The lowest BCUT2D eigenvalue weighted by atomic mass is 9.95. The zero-order valence-corrected chi connectivity index (χ0v) is 13.4. The Bertz CT molecular complexity index is 813. The molecule has 0 bridgehead atoms. The molecule has 1 saturated carbocycles. The highest BCUT2D eigenvalue weighted by Crippen LogP contribution is 2.29. The molecule has 128 valence electrons. The normalized spacial score (nSPS) is 16.0. The van der Waals surface area contributed by atoms with Crippen LogP contribution in [0.5, 0.6) is 5.88 Å². The predicted octanol–water partition coefficient (Wildman–Crippen LogP) is 1.06. The first-order valence-corrected chi connectivity index (χ1v) is 8.20. The molecule has 0 saturated heterocycles. The smallest absolute Gasteiger partial charge is 0.331 e. The van der Waals surface area contributed by atoms with Crippen LogP contribution in [0.25, 0.3) is 0 Å². The van der Waals surface area contributed by atoms with Crippen molar-refractivity contribution in [2.45, 2.75) is 44.7 Å². The SMILES string of the molecule is O=c1[nH]c(=O)n(C2CCCCC2)c(O)c1C=NCCn1ccnc1. The summed E-state index contributed by atoms with van der Waals surface area (Å²) in [4.78, 5) is 34.5. The summed E-state index contributed by atoms with van der Waals surface area (Å²) in [7, 11) is 0. The Morgan fingerprint density at radius 2 is 2.12 bits per heavy atom. The van der Waals surface area contributed by atoms with Gasteiger partial charge in [0.15, 0.2) is 0 Å². The van der Waals surface area contributed by atoms with Crippen LogP contribution in [0.4, 0.5) is 0 Å². The van der Waals surface area contributed by atoms with E-state index in [9.17, 15) is 14.7 Å². The van der Waals surface area contributed by atoms with E-state index in [4.69, 9.17) is 0 Å². The van der Waals surface area contributed by atoms with E-state index in [0.29, 0.717) is 13.1 Å². The van der Waals surface area contributed by atoms with E-state index in [-0.39, 0.29) is 17.5 Å². The Hall–Kier alpha value is -2.64. The first-order chi connectivity index (χ1) is 11.7. The van der Waals surface area contributed by atoms with Crippen LogP contribution in [-0.2, 0) is 6.54 Å². The van der Waals surface area contributed by atoms with Gasteiger partial charge in [-0.05, 0) is 12.8 Å². The molecule has 1 aliphatic rings. The molecule has 0 atom stereocenters. The highest BCUT2D eigenvalue weighted by atomic mass is 16.3. The summed E-state index contributed by atoms with van der Waals surface area (Å²) in [5.74, 6) is -0.290. The third kappa shape index (κ3) is 3.47. The zero-order valence-electron chi connectivity index (χ0n) is 13.4. The molecule has 24 heavy (non-hydrogen) atoms. The maximum absolute atomic E-state index is 12.1. The minimum Gasteiger partial charge on any atom is -0.494 e. The van der Waals surface area contributed by atoms with E-state index >= 15 is 0 Å². The average molecular weight is 331 g/mol. The molecule has 2 aromatic rings. The van der Waals surface area contributed by atoms with Gasteiger partial charge in [-0.15, -0.1) is 0 Å². The summed E-state index contributed by atoms with van der Waals surface area (Å²) < 4.78 is 3.17. The lowest BCUT2D eigenvalue weighted by Crippen LogP contribution is -2.35. The summed E-state index contributed by atoms with van der Waals surface area (Å²) in [6.07, 6.45) is 11.4. The Morgan fingerprint density at radius 1 is 1.33 bits per heavy atom. The van der Waals surface area contributed by atoms with Crippen LogP contribution < -0.4 is 11.2 Å². The third-order valence-electron chi connectivity index (χ3n) is 4.36. The van der Waals surface area contributed by atoms with E-state index in [1.807, 2.05) is 10.8 Å². The van der Waals surface area contributed by atoms with Gasteiger partial charge in [-0.2, -0.15) is 0 Å². The number of imidazole rings is 1. The second kappa shape index (κ2) is 7.29. The molecule has 0 unspecified atom stereocenters. The van der Waals surface area contributed by atoms with Crippen molar-refractivity contribution in [2.24, 2.45) is 4.99 Å². The number of aromatic nitrogens is 4. The van der Waals surface area contributed by atoms with E-state index < -0.39 is 11.2 Å². The van der Waals surface area contributed by atoms with Gasteiger partial charge in [-0.3, -0.25) is 19.3 Å². The van der Waals surface area contributed by atoms with Gasteiger partial charge < -0.3 is 9.67 Å². The third-order valence-corrected chi connectivity index (χ3v) is 4.36. The van der Waals surface area contributed by atoms with Crippen LogP contribution in [0.1, 0.15) is 43.7 Å². The summed E-state index contributed by atoms with van der Waals surface area (Å²) in [5.41, 5.74) is -1.14. The van der Waals surface area contributed by atoms with Crippen LogP contribution in [0.3, 0.4) is 0 Å². The zero-order chi connectivity index (χ0) is 16.9. The molecule has 0 aliphatic heterocycles. The van der Waals surface area contributed by atoms with Crippen molar-refractivity contribution in [3.8, 4) is 5.88 Å². The topological polar surface area (TPSA) is 105 Å².